The lowest BCUT2D eigenvalue weighted by Gasteiger charge is -2.47. The molecule has 6 heteroatoms. The number of methoxy groups -OCH3 is 1. The van der Waals surface area contributed by atoms with Gasteiger partial charge in [-0.3, -0.25) is 4.90 Å². The highest BCUT2D eigenvalue weighted by Gasteiger charge is 2.46. The van der Waals surface area contributed by atoms with E-state index in [9.17, 15) is 5.11 Å². The number of aliphatic hydroxyl groups excluding tert-OH is 1. The highest BCUT2D eigenvalue weighted by Crippen LogP contribution is 2.38. The first-order valence-electron chi connectivity index (χ1n) is 11.9. The molecule has 3 aliphatic heterocycles. The number of unbranched alkanes of at least 4 members (excludes halogenated alkanes) is 1. The number of fused-ring (bicyclic) bond motifs is 2. The molecule has 0 radical (unpaired) electrons. The van der Waals surface area contributed by atoms with E-state index in [1.165, 1.54) is 12.8 Å². The second-order valence-electron chi connectivity index (χ2n) is 9.41. The molecule has 1 spiro atoms. The Labute approximate surface area is 186 Å². The quantitative estimate of drug-likeness (QED) is 0.627. The number of rotatable bonds is 9. The van der Waals surface area contributed by atoms with Crippen LogP contribution in [0.2, 0.25) is 0 Å². The summed E-state index contributed by atoms with van der Waals surface area (Å²) in [5.74, 6) is 1.49. The lowest BCUT2D eigenvalue weighted by Crippen LogP contribution is -2.60. The molecule has 3 aliphatic rings. The molecule has 3 saturated heterocycles. The van der Waals surface area contributed by atoms with Crippen LogP contribution in [0.15, 0.2) is 24.3 Å². The molecule has 2 unspecified atom stereocenters. The van der Waals surface area contributed by atoms with E-state index in [1.54, 1.807) is 7.11 Å². The van der Waals surface area contributed by atoms with Crippen molar-refractivity contribution in [3.8, 4) is 11.5 Å². The molecule has 2 N–H and O–H groups in total. The Balaban J connectivity index is 1.30. The first-order chi connectivity index (χ1) is 15.1. The van der Waals surface area contributed by atoms with Crippen LogP contribution in [0.5, 0.6) is 11.5 Å². The lowest BCUT2D eigenvalue weighted by molar-refractivity contribution is -0.136. The first kappa shape index (κ1) is 22.6. The first-order valence-corrected chi connectivity index (χ1v) is 11.9. The molecule has 1 aromatic carbocycles. The summed E-state index contributed by atoms with van der Waals surface area (Å²) in [5, 5.41) is 14.4. The predicted molar refractivity (Wildman–Crippen MR) is 123 cm³/mol. The van der Waals surface area contributed by atoms with Crippen LogP contribution in [0.3, 0.4) is 0 Å². The SMILES string of the molecule is CCC/C=C/c1cc(OC)cc(OCC(O)CN2CCOC3(C[C@H]4CC[C@@H](C3)N4)C2)c1. The number of ether oxygens (including phenoxy) is 3. The maximum absolute atomic E-state index is 10.7. The molecular weight excluding hydrogens is 392 g/mol. The Bertz CT molecular complexity index is 741. The Hall–Kier alpha value is -1.60. The molecule has 31 heavy (non-hydrogen) atoms. The summed E-state index contributed by atoms with van der Waals surface area (Å²) in [6.45, 7) is 5.56. The van der Waals surface area contributed by atoms with Crippen LogP contribution < -0.4 is 14.8 Å². The summed E-state index contributed by atoms with van der Waals surface area (Å²) >= 11 is 0. The second-order valence-corrected chi connectivity index (χ2v) is 9.41. The van der Waals surface area contributed by atoms with Crippen LogP contribution in [-0.2, 0) is 4.74 Å². The number of benzene rings is 1. The predicted octanol–water partition coefficient (Wildman–Crippen LogP) is 3.23. The number of hydrogen-bond acceptors (Lipinski definition) is 6. The Morgan fingerprint density at radius 3 is 2.77 bits per heavy atom. The average molecular weight is 431 g/mol. The molecule has 172 valence electrons. The highest BCUT2D eigenvalue weighted by atomic mass is 16.5. The molecule has 4 atom stereocenters. The van der Waals surface area contributed by atoms with Gasteiger partial charge in [0.15, 0.2) is 0 Å². The monoisotopic (exact) mass is 430 g/mol. The van der Waals surface area contributed by atoms with Gasteiger partial charge in [0.25, 0.3) is 0 Å². The van der Waals surface area contributed by atoms with Crippen molar-refractivity contribution in [3.63, 3.8) is 0 Å². The number of hydrogen-bond donors (Lipinski definition) is 2. The average Bonchev–Trinajstić information content (AvgIpc) is 3.11. The van der Waals surface area contributed by atoms with Crippen LogP contribution in [0.4, 0.5) is 0 Å². The minimum absolute atomic E-state index is 0.0393. The van der Waals surface area contributed by atoms with Crippen LogP contribution in [-0.4, -0.2) is 73.8 Å². The molecule has 0 amide bonds. The largest absolute Gasteiger partial charge is 0.497 e. The third-order valence-corrected chi connectivity index (χ3v) is 6.71. The van der Waals surface area contributed by atoms with Crippen LogP contribution in [0.25, 0.3) is 6.08 Å². The van der Waals surface area contributed by atoms with Crippen molar-refractivity contribution in [2.45, 2.75) is 69.2 Å². The maximum Gasteiger partial charge on any atom is 0.123 e. The van der Waals surface area contributed by atoms with Crippen molar-refractivity contribution >= 4 is 6.08 Å². The molecule has 3 heterocycles. The van der Waals surface area contributed by atoms with Gasteiger partial charge in [0.2, 0.25) is 0 Å². The zero-order chi connectivity index (χ0) is 21.7. The van der Waals surface area contributed by atoms with Gasteiger partial charge < -0.3 is 24.6 Å². The fourth-order valence-corrected chi connectivity index (χ4v) is 5.35. The van der Waals surface area contributed by atoms with Crippen molar-refractivity contribution in [2.24, 2.45) is 0 Å². The fourth-order valence-electron chi connectivity index (χ4n) is 5.35. The number of allylic oxidation sites excluding steroid dienone is 1. The molecule has 6 nitrogen and oxygen atoms in total. The standard InChI is InChI=1S/C25H38N2O4/c1-3-4-5-6-19-11-23(29-2)13-24(12-19)30-17-22(28)16-27-9-10-31-25(18-27)14-20-7-8-21(15-25)26-20/h5-6,11-13,20-22,26,28H,3-4,7-10,14-18H2,1-2H3/b6-5+/t20-,21+,22?,25?. The minimum Gasteiger partial charge on any atom is -0.497 e. The molecule has 0 aromatic heterocycles. The van der Waals surface area contributed by atoms with Crippen molar-refractivity contribution < 1.29 is 19.3 Å². The topological polar surface area (TPSA) is 63.2 Å². The Morgan fingerprint density at radius 2 is 2.03 bits per heavy atom. The highest BCUT2D eigenvalue weighted by molar-refractivity contribution is 5.55. The third kappa shape index (κ3) is 6.01. The number of nitrogens with zero attached hydrogens (tertiary/aromatic N) is 1. The number of nitrogens with one attached hydrogen (secondary N) is 1. The summed E-state index contributed by atoms with van der Waals surface area (Å²) in [6.07, 6.45) is 10.6. The van der Waals surface area contributed by atoms with Crippen molar-refractivity contribution in [1.82, 2.24) is 10.2 Å². The Morgan fingerprint density at radius 1 is 1.26 bits per heavy atom. The fraction of sp³-hybridized carbons (Fsp3) is 0.680. The van der Waals surface area contributed by atoms with E-state index >= 15 is 0 Å². The van der Waals surface area contributed by atoms with Gasteiger partial charge in [-0.2, -0.15) is 0 Å². The van der Waals surface area contributed by atoms with E-state index in [2.05, 4.69) is 29.3 Å². The molecule has 0 saturated carbocycles. The normalized spacial score (nSPS) is 29.5. The second kappa shape index (κ2) is 10.3. The van der Waals surface area contributed by atoms with E-state index in [4.69, 9.17) is 14.2 Å². The minimum atomic E-state index is -0.543. The maximum atomic E-state index is 10.7. The summed E-state index contributed by atoms with van der Waals surface area (Å²) in [4.78, 5) is 2.35. The number of piperidine rings is 1. The molecule has 2 bridgehead atoms. The number of β-amino-alcohol motifs (C(OH)–C–C–N with tert-alkyl or cyclic N) is 1. The van der Waals surface area contributed by atoms with Crippen LogP contribution in [0, 0.1) is 0 Å². The van der Waals surface area contributed by atoms with Crippen molar-refractivity contribution in [2.75, 3.05) is 40.0 Å². The van der Waals surface area contributed by atoms with Gasteiger partial charge in [0.05, 0.1) is 19.3 Å². The van der Waals surface area contributed by atoms with E-state index in [0.29, 0.717) is 18.6 Å². The molecule has 4 rings (SSSR count). The lowest BCUT2D eigenvalue weighted by atomic mass is 9.85. The van der Waals surface area contributed by atoms with Crippen LogP contribution >= 0.6 is 0 Å². The van der Waals surface area contributed by atoms with Crippen molar-refractivity contribution in [1.29, 1.82) is 0 Å². The van der Waals surface area contributed by atoms with Gasteiger partial charge in [0, 0.05) is 37.8 Å². The van der Waals surface area contributed by atoms with Crippen LogP contribution in [0.1, 0.15) is 51.0 Å². The van der Waals surface area contributed by atoms with Gasteiger partial charge in [-0.1, -0.05) is 25.5 Å². The van der Waals surface area contributed by atoms with E-state index in [-0.39, 0.29) is 12.2 Å². The molecular formula is C25H38N2O4. The smallest absolute Gasteiger partial charge is 0.123 e. The molecule has 1 aromatic rings. The summed E-state index contributed by atoms with van der Waals surface area (Å²) < 4.78 is 17.7. The van der Waals surface area contributed by atoms with E-state index < -0.39 is 6.10 Å². The zero-order valence-corrected chi connectivity index (χ0v) is 19.0. The van der Waals surface area contributed by atoms with E-state index in [1.807, 2.05) is 18.2 Å². The summed E-state index contributed by atoms with van der Waals surface area (Å²) in [6, 6.07) is 7.06. The third-order valence-electron chi connectivity index (χ3n) is 6.71. The van der Waals surface area contributed by atoms with E-state index in [0.717, 1.165) is 62.4 Å². The van der Waals surface area contributed by atoms with Gasteiger partial charge in [0.1, 0.15) is 24.2 Å². The summed E-state index contributed by atoms with van der Waals surface area (Å²) in [5.41, 5.74) is 1.01. The Kier molecular flexibility index (Phi) is 7.54. The van der Waals surface area contributed by atoms with Gasteiger partial charge in [-0.25, -0.2) is 0 Å². The van der Waals surface area contributed by atoms with Gasteiger partial charge >= 0.3 is 0 Å². The zero-order valence-electron chi connectivity index (χ0n) is 19.0. The van der Waals surface area contributed by atoms with Gasteiger partial charge in [-0.15, -0.1) is 0 Å². The van der Waals surface area contributed by atoms with Gasteiger partial charge in [-0.05, 0) is 49.8 Å². The number of aliphatic hydroxyl groups is 1. The molecule has 3 fully saturated rings. The number of morpholine rings is 1. The molecule has 0 aliphatic carbocycles. The summed E-state index contributed by atoms with van der Waals surface area (Å²) in [7, 11) is 1.66. The van der Waals surface area contributed by atoms with Crippen molar-refractivity contribution in [3.05, 3.63) is 29.8 Å².